The Bertz CT molecular complexity index is 1410. The molecule has 9 nitrogen and oxygen atoms in total. The Labute approximate surface area is 191 Å². The first-order valence-corrected chi connectivity index (χ1v) is 10.5. The van der Waals surface area contributed by atoms with Crippen LogP contribution in [0.25, 0.3) is 27.7 Å². The molecule has 5 rings (SSSR count). The zero-order valence-electron chi connectivity index (χ0n) is 18.3. The highest BCUT2D eigenvalue weighted by molar-refractivity contribution is 5.89. The maximum atomic E-state index is 15.1. The van der Waals surface area contributed by atoms with Gasteiger partial charge in [0.25, 0.3) is 5.92 Å². The number of carbonyl (C=O) groups is 1. The van der Waals surface area contributed by atoms with E-state index in [1.54, 1.807) is 30.6 Å². The molecular weight excluding hydrogens is 451 g/mol. The summed E-state index contributed by atoms with van der Waals surface area (Å²) >= 11 is 0. The number of anilines is 1. The Kier molecular flexibility index (Phi) is 5.22. The fourth-order valence-corrected chi connectivity index (χ4v) is 4.16. The number of carbonyl (C=O) groups excluding carboxylic acids is 1. The summed E-state index contributed by atoms with van der Waals surface area (Å²) in [6, 6.07) is 3.81. The molecule has 0 saturated carbocycles. The number of likely N-dealkylation sites (tertiary alicyclic amines) is 1. The summed E-state index contributed by atoms with van der Waals surface area (Å²) in [5.41, 5.74) is 2.18. The minimum Gasteiger partial charge on any atom is -0.479 e. The lowest BCUT2D eigenvalue weighted by Gasteiger charge is -2.38. The highest BCUT2D eigenvalue weighted by atomic mass is 19.3. The van der Waals surface area contributed by atoms with Gasteiger partial charge >= 0.3 is 0 Å². The van der Waals surface area contributed by atoms with Crippen molar-refractivity contribution < 1.29 is 22.7 Å². The van der Waals surface area contributed by atoms with E-state index in [4.69, 9.17) is 4.74 Å². The van der Waals surface area contributed by atoms with Crippen molar-refractivity contribution in [3.05, 3.63) is 42.6 Å². The second kappa shape index (κ2) is 8.12. The number of nitrogens with zero attached hydrogens (tertiary/aromatic N) is 6. The van der Waals surface area contributed by atoms with E-state index < -0.39 is 30.2 Å². The van der Waals surface area contributed by atoms with Crippen molar-refractivity contribution in [2.24, 2.45) is 0 Å². The van der Waals surface area contributed by atoms with Crippen molar-refractivity contribution in [1.82, 2.24) is 29.5 Å². The van der Waals surface area contributed by atoms with Crippen LogP contribution in [0.3, 0.4) is 0 Å². The molecule has 0 bridgehead atoms. The maximum absolute atomic E-state index is 15.1. The van der Waals surface area contributed by atoms with E-state index in [-0.39, 0.29) is 35.9 Å². The van der Waals surface area contributed by atoms with Crippen LogP contribution in [-0.2, 0) is 4.79 Å². The van der Waals surface area contributed by atoms with Gasteiger partial charge < -0.3 is 15.0 Å². The average molecular weight is 471 g/mol. The van der Waals surface area contributed by atoms with E-state index in [1.165, 1.54) is 18.5 Å². The molecule has 1 aromatic carbocycles. The molecule has 34 heavy (non-hydrogen) atoms. The number of rotatable bonds is 4. The minimum atomic E-state index is -3.20. The zero-order chi connectivity index (χ0) is 24.0. The number of benzene rings is 1. The van der Waals surface area contributed by atoms with Crippen molar-refractivity contribution in [3.8, 4) is 17.0 Å². The molecule has 12 heteroatoms. The molecule has 1 amide bonds. The third-order valence-corrected chi connectivity index (χ3v) is 5.85. The van der Waals surface area contributed by atoms with E-state index in [9.17, 15) is 13.6 Å². The van der Waals surface area contributed by atoms with Crippen LogP contribution in [0.2, 0.25) is 0 Å². The van der Waals surface area contributed by atoms with Gasteiger partial charge in [-0.15, -0.1) is 5.10 Å². The van der Waals surface area contributed by atoms with Crippen molar-refractivity contribution in [2.45, 2.75) is 25.3 Å². The molecule has 0 unspecified atom stereocenters. The quantitative estimate of drug-likeness (QED) is 0.488. The van der Waals surface area contributed by atoms with E-state index >= 15 is 4.39 Å². The van der Waals surface area contributed by atoms with Crippen LogP contribution in [0.15, 0.2) is 36.8 Å². The summed E-state index contributed by atoms with van der Waals surface area (Å²) < 4.78 is 51.0. The van der Waals surface area contributed by atoms with Gasteiger partial charge in [-0.1, -0.05) is 6.07 Å². The highest BCUT2D eigenvalue weighted by Gasteiger charge is 2.45. The summed E-state index contributed by atoms with van der Waals surface area (Å²) in [6.07, 6.45) is 4.24. The first-order valence-electron chi connectivity index (χ1n) is 10.5. The third-order valence-electron chi connectivity index (χ3n) is 5.85. The molecule has 1 fully saturated rings. The summed E-state index contributed by atoms with van der Waals surface area (Å²) in [7, 11) is 1.35. The molecule has 1 aliphatic heterocycles. The molecule has 1 atom stereocenters. The van der Waals surface area contributed by atoms with E-state index in [2.05, 4.69) is 25.4 Å². The number of piperidine rings is 1. The molecule has 1 saturated heterocycles. The Morgan fingerprint density at radius 3 is 2.71 bits per heavy atom. The first kappa shape index (κ1) is 21.9. The fraction of sp³-hybridized carbons (Fsp3) is 0.318. The van der Waals surface area contributed by atoms with Gasteiger partial charge in [0.15, 0.2) is 5.82 Å². The number of methoxy groups -OCH3 is 1. The van der Waals surface area contributed by atoms with Crippen molar-refractivity contribution in [2.75, 3.05) is 25.5 Å². The Hall–Kier alpha value is -3.96. The van der Waals surface area contributed by atoms with Crippen molar-refractivity contribution in [1.29, 1.82) is 0 Å². The van der Waals surface area contributed by atoms with Crippen molar-refractivity contribution >= 4 is 28.4 Å². The smallest absolute Gasteiger partial charge is 0.285 e. The van der Waals surface area contributed by atoms with E-state index in [0.717, 1.165) is 11.1 Å². The monoisotopic (exact) mass is 471 g/mol. The maximum Gasteiger partial charge on any atom is 0.285 e. The minimum absolute atomic E-state index is 0.000290. The van der Waals surface area contributed by atoms with E-state index in [0.29, 0.717) is 16.6 Å². The SMILES string of the molecule is COc1nc(N[C@@H]2CCN(C(C)=O)CC2(F)F)nn2cc(F)c(-c3ccc4nccnc4c3)c12. The highest BCUT2D eigenvalue weighted by Crippen LogP contribution is 2.36. The molecule has 1 aliphatic rings. The van der Waals surface area contributed by atoms with Crippen LogP contribution in [0.4, 0.5) is 19.1 Å². The lowest BCUT2D eigenvalue weighted by molar-refractivity contribution is -0.140. The van der Waals surface area contributed by atoms with Gasteiger partial charge in [0.2, 0.25) is 17.7 Å². The second-order valence-corrected chi connectivity index (χ2v) is 8.04. The molecule has 3 aromatic heterocycles. The van der Waals surface area contributed by atoms with Crippen molar-refractivity contribution in [3.63, 3.8) is 0 Å². The standard InChI is InChI=1S/C22H20F3N7O2/c1-12(33)31-8-5-17(22(24,25)11-31)28-21-29-20(34-2)19-18(14(23)10-32(19)30-21)13-3-4-15-16(9-13)27-7-6-26-15/h3-4,6-7,9-10,17H,5,8,11H2,1-2H3,(H,28,30)/t17-/m1/s1. The van der Waals surface area contributed by atoms with Gasteiger partial charge in [-0.25, -0.2) is 17.7 Å². The third kappa shape index (κ3) is 3.74. The zero-order valence-corrected chi connectivity index (χ0v) is 18.3. The fourth-order valence-electron chi connectivity index (χ4n) is 4.16. The second-order valence-electron chi connectivity index (χ2n) is 8.04. The normalized spacial score (nSPS) is 17.8. The number of hydrogen-bond acceptors (Lipinski definition) is 7. The van der Waals surface area contributed by atoms with Gasteiger partial charge in [-0.2, -0.15) is 4.98 Å². The number of hydrogen-bond donors (Lipinski definition) is 1. The molecule has 0 spiro atoms. The summed E-state index contributed by atoms with van der Waals surface area (Å²) in [5.74, 6) is -4.33. The number of amides is 1. The Morgan fingerprint density at radius 2 is 2.00 bits per heavy atom. The van der Waals surface area contributed by atoms with Gasteiger partial charge in [-0.3, -0.25) is 14.8 Å². The largest absolute Gasteiger partial charge is 0.479 e. The van der Waals surface area contributed by atoms with Crippen LogP contribution in [-0.4, -0.2) is 67.5 Å². The number of nitrogens with one attached hydrogen (secondary N) is 1. The first-order chi connectivity index (χ1) is 16.3. The predicted octanol–water partition coefficient (Wildman–Crippen LogP) is 3.16. The molecule has 0 aliphatic carbocycles. The number of aromatic nitrogens is 5. The number of fused-ring (bicyclic) bond motifs is 2. The predicted molar refractivity (Wildman–Crippen MR) is 117 cm³/mol. The summed E-state index contributed by atoms with van der Waals surface area (Å²) in [5, 5.41) is 6.84. The lowest BCUT2D eigenvalue weighted by Crippen LogP contribution is -2.55. The number of halogens is 3. The Morgan fingerprint density at radius 1 is 1.24 bits per heavy atom. The Balaban J connectivity index is 1.53. The molecule has 176 valence electrons. The number of ether oxygens (including phenoxy) is 1. The van der Waals surface area contributed by atoms with Gasteiger partial charge in [-0.05, 0) is 24.1 Å². The van der Waals surface area contributed by atoms with Gasteiger partial charge in [0.1, 0.15) is 5.52 Å². The average Bonchev–Trinajstić information content (AvgIpc) is 3.14. The van der Waals surface area contributed by atoms with Crippen LogP contribution < -0.4 is 10.1 Å². The topological polar surface area (TPSA) is 97.5 Å². The van der Waals surface area contributed by atoms with E-state index in [1.807, 2.05) is 0 Å². The number of alkyl halides is 2. The molecule has 0 radical (unpaired) electrons. The van der Waals surface area contributed by atoms with Gasteiger partial charge in [0.05, 0.1) is 42.5 Å². The molecular formula is C22H20F3N7O2. The summed E-state index contributed by atoms with van der Waals surface area (Å²) in [4.78, 5) is 25.3. The van der Waals surface area contributed by atoms with Crippen LogP contribution in [0.1, 0.15) is 13.3 Å². The van der Waals surface area contributed by atoms with Gasteiger partial charge in [0, 0.05) is 25.9 Å². The lowest BCUT2D eigenvalue weighted by atomic mass is 10.0. The summed E-state index contributed by atoms with van der Waals surface area (Å²) in [6.45, 7) is 0.730. The van der Waals surface area contributed by atoms with Crippen LogP contribution in [0, 0.1) is 5.82 Å². The molecule has 1 N–H and O–H groups in total. The molecule has 4 aromatic rings. The van der Waals surface area contributed by atoms with Crippen LogP contribution in [0.5, 0.6) is 5.88 Å². The van der Waals surface area contributed by atoms with Crippen LogP contribution >= 0.6 is 0 Å². The molecule has 4 heterocycles.